The molecule has 2 aromatic rings. The molecular weight excluding hydrogens is 254 g/mol. The maximum atomic E-state index is 11.8. The Morgan fingerprint density at radius 3 is 2.75 bits per heavy atom. The normalized spacial score (nSPS) is 12.8. The van der Waals surface area contributed by atoms with Crippen molar-refractivity contribution in [3.05, 3.63) is 42.0 Å². The van der Waals surface area contributed by atoms with Crippen molar-refractivity contribution in [2.45, 2.75) is 20.4 Å². The van der Waals surface area contributed by atoms with E-state index in [9.17, 15) is 4.79 Å². The number of hydrogen-bond donors (Lipinski definition) is 0. The predicted octanol–water partition coefficient (Wildman–Crippen LogP) is 2.39. The first-order valence-corrected chi connectivity index (χ1v) is 6.84. The fraction of sp³-hybridized carbons (Fsp3) is 0.333. The van der Waals surface area contributed by atoms with Crippen LogP contribution in [-0.2, 0) is 11.3 Å². The van der Waals surface area contributed by atoms with Gasteiger partial charge in [0.15, 0.2) is 5.69 Å². The quantitative estimate of drug-likeness (QED) is 0.804. The maximum absolute atomic E-state index is 11.8. The van der Waals surface area contributed by atoms with E-state index < -0.39 is 0 Å². The molecule has 5 nitrogen and oxygen atoms in total. The summed E-state index contributed by atoms with van der Waals surface area (Å²) in [5, 5.41) is 0. The molecule has 2 heterocycles. The molecule has 20 heavy (non-hydrogen) atoms. The van der Waals surface area contributed by atoms with Gasteiger partial charge in [-0.3, -0.25) is 4.57 Å². The topological polar surface area (TPSA) is 47.4 Å². The monoisotopic (exact) mass is 271 g/mol. The highest BCUT2D eigenvalue weighted by atomic mass is 16.5. The van der Waals surface area contributed by atoms with E-state index in [4.69, 9.17) is 4.74 Å². The Bertz CT molecular complexity index is 648. The standard InChI is InChI=1S/C15H17N3O2/c1-3-17-10-14-16-11(15(19)20-4-2)9-18(14)13-8-6-5-7-12(13)17/h5-9H,3-4,10H2,1-2H3. The molecule has 5 heteroatoms. The van der Waals surface area contributed by atoms with E-state index >= 15 is 0 Å². The van der Waals surface area contributed by atoms with E-state index in [1.165, 1.54) is 0 Å². The molecule has 1 aliphatic heterocycles. The van der Waals surface area contributed by atoms with Crippen LogP contribution in [0.1, 0.15) is 30.2 Å². The number of nitrogens with zero attached hydrogens (tertiary/aromatic N) is 3. The Labute approximate surface area is 117 Å². The summed E-state index contributed by atoms with van der Waals surface area (Å²) in [5.74, 6) is 0.503. The molecule has 0 saturated carbocycles. The molecule has 0 saturated heterocycles. The Kier molecular flexibility index (Phi) is 3.18. The number of carbonyl (C=O) groups is 1. The van der Waals surface area contributed by atoms with Crippen molar-refractivity contribution in [1.82, 2.24) is 9.55 Å². The SMILES string of the molecule is CCOC(=O)c1cn2c(n1)CN(CC)c1ccccc1-2. The summed E-state index contributed by atoms with van der Waals surface area (Å²) in [6.45, 7) is 5.87. The molecular formula is C15H17N3O2. The van der Waals surface area contributed by atoms with Crippen LogP contribution in [-0.4, -0.2) is 28.7 Å². The Balaban J connectivity index is 2.07. The molecule has 1 aromatic heterocycles. The number of rotatable bonds is 3. The highest BCUT2D eigenvalue weighted by Crippen LogP contribution is 2.31. The minimum Gasteiger partial charge on any atom is -0.461 e. The molecule has 0 fully saturated rings. The third-order valence-corrected chi connectivity index (χ3v) is 3.46. The van der Waals surface area contributed by atoms with Gasteiger partial charge in [0.05, 0.1) is 24.5 Å². The zero-order valence-electron chi connectivity index (χ0n) is 11.7. The van der Waals surface area contributed by atoms with Gasteiger partial charge in [-0.1, -0.05) is 12.1 Å². The van der Waals surface area contributed by atoms with Gasteiger partial charge in [0.1, 0.15) is 5.82 Å². The summed E-state index contributed by atoms with van der Waals surface area (Å²) in [7, 11) is 0. The zero-order chi connectivity index (χ0) is 14.1. The number of para-hydroxylation sites is 2. The second-order valence-electron chi connectivity index (χ2n) is 4.64. The van der Waals surface area contributed by atoms with Gasteiger partial charge < -0.3 is 9.64 Å². The molecule has 0 bridgehead atoms. The van der Waals surface area contributed by atoms with Gasteiger partial charge in [-0.25, -0.2) is 9.78 Å². The van der Waals surface area contributed by atoms with Crippen molar-refractivity contribution in [3.8, 4) is 5.69 Å². The third kappa shape index (κ3) is 1.95. The molecule has 0 spiro atoms. The van der Waals surface area contributed by atoms with Crippen molar-refractivity contribution in [1.29, 1.82) is 0 Å². The van der Waals surface area contributed by atoms with Crippen LogP contribution >= 0.6 is 0 Å². The van der Waals surface area contributed by atoms with E-state index in [2.05, 4.69) is 22.9 Å². The number of hydrogen-bond acceptors (Lipinski definition) is 4. The number of esters is 1. The largest absolute Gasteiger partial charge is 0.461 e. The van der Waals surface area contributed by atoms with Crippen molar-refractivity contribution < 1.29 is 9.53 Å². The number of benzene rings is 1. The second-order valence-corrected chi connectivity index (χ2v) is 4.64. The molecule has 0 atom stereocenters. The number of aromatic nitrogens is 2. The zero-order valence-corrected chi connectivity index (χ0v) is 11.7. The first-order chi connectivity index (χ1) is 9.74. The van der Waals surface area contributed by atoms with Crippen LogP contribution in [0.25, 0.3) is 5.69 Å². The van der Waals surface area contributed by atoms with Crippen LogP contribution in [0.4, 0.5) is 5.69 Å². The molecule has 104 valence electrons. The molecule has 0 amide bonds. The minimum atomic E-state index is -0.366. The molecule has 0 aliphatic carbocycles. The van der Waals surface area contributed by atoms with Gasteiger partial charge in [0.25, 0.3) is 0 Å². The van der Waals surface area contributed by atoms with Gasteiger partial charge >= 0.3 is 5.97 Å². The molecule has 3 rings (SSSR count). The van der Waals surface area contributed by atoms with Gasteiger partial charge in [-0.2, -0.15) is 0 Å². The van der Waals surface area contributed by atoms with Crippen molar-refractivity contribution in [3.63, 3.8) is 0 Å². The van der Waals surface area contributed by atoms with E-state index in [1.54, 1.807) is 13.1 Å². The fourth-order valence-electron chi connectivity index (χ4n) is 2.52. The molecule has 1 aromatic carbocycles. The lowest BCUT2D eigenvalue weighted by molar-refractivity contribution is 0.0520. The number of imidazole rings is 1. The number of fused-ring (bicyclic) bond motifs is 3. The molecule has 0 unspecified atom stereocenters. The van der Waals surface area contributed by atoms with Crippen molar-refractivity contribution in [2.24, 2.45) is 0 Å². The van der Waals surface area contributed by atoms with Gasteiger partial charge in [-0.15, -0.1) is 0 Å². The molecule has 0 N–H and O–H groups in total. The number of carbonyl (C=O) groups excluding carboxylic acids is 1. The fourth-order valence-corrected chi connectivity index (χ4v) is 2.52. The van der Waals surface area contributed by atoms with Crippen LogP contribution in [0.5, 0.6) is 0 Å². The smallest absolute Gasteiger partial charge is 0.358 e. The summed E-state index contributed by atoms with van der Waals surface area (Å²) in [6.07, 6.45) is 1.76. The lowest BCUT2D eigenvalue weighted by Gasteiger charge is -2.30. The van der Waals surface area contributed by atoms with Crippen LogP contribution in [0, 0.1) is 0 Å². The van der Waals surface area contributed by atoms with Crippen molar-refractivity contribution in [2.75, 3.05) is 18.1 Å². The molecule has 1 aliphatic rings. The lowest BCUT2D eigenvalue weighted by atomic mass is 10.2. The highest BCUT2D eigenvalue weighted by Gasteiger charge is 2.24. The van der Waals surface area contributed by atoms with Crippen LogP contribution in [0.15, 0.2) is 30.5 Å². The average molecular weight is 271 g/mol. The Hall–Kier alpha value is -2.30. The summed E-state index contributed by atoms with van der Waals surface area (Å²) in [6, 6.07) is 8.14. The summed E-state index contributed by atoms with van der Waals surface area (Å²) in [4.78, 5) is 18.5. The van der Waals surface area contributed by atoms with E-state index in [-0.39, 0.29) is 5.97 Å². The first kappa shape index (κ1) is 12.7. The highest BCUT2D eigenvalue weighted by molar-refractivity contribution is 5.87. The number of anilines is 1. The van der Waals surface area contributed by atoms with Crippen LogP contribution in [0.2, 0.25) is 0 Å². The van der Waals surface area contributed by atoms with Crippen LogP contribution in [0.3, 0.4) is 0 Å². The minimum absolute atomic E-state index is 0.360. The van der Waals surface area contributed by atoms with Gasteiger partial charge in [0, 0.05) is 12.7 Å². The van der Waals surface area contributed by atoms with E-state index in [0.717, 1.165) is 23.7 Å². The van der Waals surface area contributed by atoms with Crippen LogP contribution < -0.4 is 4.90 Å². The van der Waals surface area contributed by atoms with E-state index in [1.807, 2.05) is 22.8 Å². The second kappa shape index (κ2) is 5.00. The number of ether oxygens (including phenoxy) is 1. The summed E-state index contributed by atoms with van der Waals surface area (Å²) in [5.41, 5.74) is 2.59. The van der Waals surface area contributed by atoms with Crippen molar-refractivity contribution >= 4 is 11.7 Å². The first-order valence-electron chi connectivity index (χ1n) is 6.84. The average Bonchev–Trinajstić information content (AvgIpc) is 2.91. The predicted molar refractivity (Wildman–Crippen MR) is 76.2 cm³/mol. The lowest BCUT2D eigenvalue weighted by Crippen LogP contribution is -2.29. The Morgan fingerprint density at radius 2 is 2.05 bits per heavy atom. The Morgan fingerprint density at radius 1 is 1.30 bits per heavy atom. The summed E-state index contributed by atoms with van der Waals surface area (Å²) < 4.78 is 7.00. The molecule has 0 radical (unpaired) electrons. The van der Waals surface area contributed by atoms with E-state index in [0.29, 0.717) is 18.8 Å². The summed E-state index contributed by atoms with van der Waals surface area (Å²) >= 11 is 0. The third-order valence-electron chi connectivity index (χ3n) is 3.46. The van der Waals surface area contributed by atoms with Gasteiger partial charge in [-0.05, 0) is 26.0 Å². The maximum Gasteiger partial charge on any atom is 0.358 e. The van der Waals surface area contributed by atoms with Gasteiger partial charge in [0.2, 0.25) is 0 Å².